The van der Waals surface area contributed by atoms with Gasteiger partial charge >= 0.3 is 0 Å². The predicted octanol–water partition coefficient (Wildman–Crippen LogP) is 1.89. The minimum absolute atomic E-state index is 0.356. The maximum atomic E-state index is 11.8. The normalized spacial score (nSPS) is 24.7. The molecule has 0 bridgehead atoms. The van der Waals surface area contributed by atoms with Gasteiger partial charge in [-0.2, -0.15) is 0 Å². The first-order valence-corrected chi connectivity index (χ1v) is 6.44. The fourth-order valence-electron chi connectivity index (χ4n) is 2.94. The van der Waals surface area contributed by atoms with Crippen LogP contribution in [0.1, 0.15) is 19.3 Å². The lowest BCUT2D eigenvalue weighted by Crippen LogP contribution is -2.57. The first-order chi connectivity index (χ1) is 8.34. The van der Waals surface area contributed by atoms with Gasteiger partial charge in [-0.05, 0) is 25.0 Å². The molecule has 0 N–H and O–H groups in total. The quantitative estimate of drug-likeness (QED) is 0.735. The number of fused-ring (bicyclic) bond motifs is 1. The Morgan fingerprint density at radius 3 is 2.76 bits per heavy atom. The topological polar surface area (TPSA) is 23.6 Å². The van der Waals surface area contributed by atoms with Crippen LogP contribution in [-0.2, 0) is 4.79 Å². The molecular weight excluding hydrogens is 212 g/mol. The van der Waals surface area contributed by atoms with Crippen LogP contribution in [0.2, 0.25) is 0 Å². The molecule has 2 fully saturated rings. The molecule has 0 radical (unpaired) electrons. The van der Waals surface area contributed by atoms with Crippen molar-refractivity contribution in [3.05, 3.63) is 30.3 Å². The van der Waals surface area contributed by atoms with Crippen LogP contribution in [-0.4, -0.2) is 36.5 Å². The molecule has 17 heavy (non-hydrogen) atoms. The highest BCUT2D eigenvalue weighted by Crippen LogP contribution is 2.25. The van der Waals surface area contributed by atoms with Gasteiger partial charge in [0, 0.05) is 37.8 Å². The van der Waals surface area contributed by atoms with Crippen LogP contribution in [0.5, 0.6) is 0 Å². The van der Waals surface area contributed by atoms with Crippen molar-refractivity contribution in [2.45, 2.75) is 25.3 Å². The molecule has 3 heteroatoms. The van der Waals surface area contributed by atoms with E-state index in [-0.39, 0.29) is 0 Å². The van der Waals surface area contributed by atoms with Crippen molar-refractivity contribution in [2.24, 2.45) is 0 Å². The standard InChI is InChI=1S/C14H18N2O/c17-14-8-4-7-13-11-15(9-10-16(13)14)12-5-2-1-3-6-12/h1-3,5-6,13H,4,7-11H2. The number of benzene rings is 1. The van der Waals surface area contributed by atoms with Crippen LogP contribution in [0.4, 0.5) is 5.69 Å². The molecule has 2 heterocycles. The molecule has 1 aromatic rings. The van der Waals surface area contributed by atoms with Gasteiger partial charge in [0.1, 0.15) is 0 Å². The van der Waals surface area contributed by atoms with Gasteiger partial charge in [-0.1, -0.05) is 18.2 Å². The van der Waals surface area contributed by atoms with E-state index in [9.17, 15) is 4.79 Å². The van der Waals surface area contributed by atoms with Gasteiger partial charge in [0.15, 0.2) is 0 Å². The maximum absolute atomic E-state index is 11.8. The average Bonchev–Trinajstić information content (AvgIpc) is 2.40. The number of piperidine rings is 1. The zero-order valence-corrected chi connectivity index (χ0v) is 10.0. The predicted molar refractivity (Wildman–Crippen MR) is 68.0 cm³/mol. The number of amides is 1. The van der Waals surface area contributed by atoms with E-state index in [1.165, 1.54) is 5.69 Å². The number of carbonyl (C=O) groups is 1. The van der Waals surface area contributed by atoms with E-state index in [1.807, 2.05) is 6.07 Å². The molecule has 1 aromatic carbocycles. The summed E-state index contributed by atoms with van der Waals surface area (Å²) >= 11 is 0. The maximum Gasteiger partial charge on any atom is 0.222 e. The molecule has 1 amide bonds. The lowest BCUT2D eigenvalue weighted by molar-refractivity contribution is -0.136. The third-order valence-electron chi connectivity index (χ3n) is 3.85. The fraction of sp³-hybridized carbons (Fsp3) is 0.500. The van der Waals surface area contributed by atoms with Gasteiger partial charge in [0.25, 0.3) is 0 Å². The Kier molecular flexibility index (Phi) is 2.75. The van der Waals surface area contributed by atoms with Crippen LogP contribution < -0.4 is 4.90 Å². The molecule has 2 saturated heterocycles. The highest BCUT2D eigenvalue weighted by Gasteiger charge is 2.32. The van der Waals surface area contributed by atoms with E-state index in [2.05, 4.69) is 34.1 Å². The summed E-state index contributed by atoms with van der Waals surface area (Å²) in [6.45, 7) is 2.85. The minimum atomic E-state index is 0.356. The Labute approximate surface area is 102 Å². The number of nitrogens with zero attached hydrogens (tertiary/aromatic N) is 2. The molecule has 2 aliphatic rings. The summed E-state index contributed by atoms with van der Waals surface area (Å²) in [6, 6.07) is 10.9. The lowest BCUT2D eigenvalue weighted by atomic mass is 9.98. The Hall–Kier alpha value is -1.51. The number of rotatable bonds is 1. The van der Waals surface area contributed by atoms with Crippen LogP contribution >= 0.6 is 0 Å². The van der Waals surface area contributed by atoms with E-state index in [4.69, 9.17) is 0 Å². The summed E-state index contributed by atoms with van der Waals surface area (Å²) in [7, 11) is 0. The number of para-hydroxylation sites is 1. The largest absolute Gasteiger partial charge is 0.368 e. The SMILES string of the molecule is O=C1CCCC2CN(c3ccccc3)CCN12. The summed E-state index contributed by atoms with van der Waals surface area (Å²) in [5.74, 6) is 0.356. The lowest BCUT2D eigenvalue weighted by Gasteiger charge is -2.44. The van der Waals surface area contributed by atoms with Crippen LogP contribution in [0.25, 0.3) is 0 Å². The Morgan fingerprint density at radius 1 is 1.12 bits per heavy atom. The first kappa shape index (κ1) is 10.6. The smallest absolute Gasteiger partial charge is 0.222 e. The van der Waals surface area contributed by atoms with Crippen molar-refractivity contribution in [3.63, 3.8) is 0 Å². The summed E-state index contributed by atoms with van der Waals surface area (Å²) < 4.78 is 0. The first-order valence-electron chi connectivity index (χ1n) is 6.44. The molecule has 1 atom stereocenters. The third kappa shape index (κ3) is 2.02. The Morgan fingerprint density at radius 2 is 1.94 bits per heavy atom. The zero-order valence-electron chi connectivity index (χ0n) is 10.0. The molecule has 0 aromatic heterocycles. The second-order valence-electron chi connectivity index (χ2n) is 4.91. The second kappa shape index (κ2) is 4.40. The number of piperazine rings is 1. The summed E-state index contributed by atoms with van der Waals surface area (Å²) in [5, 5.41) is 0. The second-order valence-corrected chi connectivity index (χ2v) is 4.91. The van der Waals surface area contributed by atoms with Crippen LogP contribution in [0, 0.1) is 0 Å². The van der Waals surface area contributed by atoms with Crippen molar-refractivity contribution < 1.29 is 4.79 Å². The molecule has 0 aliphatic carbocycles. The molecule has 3 rings (SSSR count). The Bertz CT molecular complexity index is 404. The van der Waals surface area contributed by atoms with Gasteiger partial charge in [0.2, 0.25) is 5.91 Å². The molecule has 1 unspecified atom stereocenters. The molecule has 0 spiro atoms. The number of hydrogen-bond acceptors (Lipinski definition) is 2. The average molecular weight is 230 g/mol. The van der Waals surface area contributed by atoms with Crippen LogP contribution in [0.15, 0.2) is 30.3 Å². The highest BCUT2D eigenvalue weighted by molar-refractivity contribution is 5.77. The molecule has 0 saturated carbocycles. The summed E-state index contributed by atoms with van der Waals surface area (Å²) in [6.07, 6.45) is 2.97. The number of carbonyl (C=O) groups excluding carboxylic acids is 1. The monoisotopic (exact) mass is 230 g/mol. The molecule has 3 nitrogen and oxygen atoms in total. The van der Waals surface area contributed by atoms with Crippen molar-refractivity contribution in [1.29, 1.82) is 0 Å². The van der Waals surface area contributed by atoms with E-state index in [0.717, 1.165) is 38.9 Å². The van der Waals surface area contributed by atoms with Gasteiger partial charge < -0.3 is 9.80 Å². The van der Waals surface area contributed by atoms with Crippen molar-refractivity contribution in [2.75, 3.05) is 24.5 Å². The number of hydrogen-bond donors (Lipinski definition) is 0. The number of anilines is 1. The zero-order chi connectivity index (χ0) is 11.7. The van der Waals surface area contributed by atoms with Gasteiger partial charge in [0.05, 0.1) is 0 Å². The molecule has 90 valence electrons. The summed E-state index contributed by atoms with van der Waals surface area (Å²) in [4.78, 5) is 16.3. The molecular formula is C14H18N2O. The van der Waals surface area contributed by atoms with Crippen LogP contribution in [0.3, 0.4) is 0 Å². The van der Waals surface area contributed by atoms with Gasteiger partial charge in [-0.3, -0.25) is 4.79 Å². The minimum Gasteiger partial charge on any atom is -0.368 e. The van der Waals surface area contributed by atoms with E-state index < -0.39 is 0 Å². The van der Waals surface area contributed by atoms with Crippen molar-refractivity contribution >= 4 is 11.6 Å². The van der Waals surface area contributed by atoms with E-state index >= 15 is 0 Å². The fourth-order valence-corrected chi connectivity index (χ4v) is 2.94. The summed E-state index contributed by atoms with van der Waals surface area (Å²) in [5.41, 5.74) is 1.28. The molecule has 2 aliphatic heterocycles. The van der Waals surface area contributed by atoms with E-state index in [0.29, 0.717) is 11.9 Å². The van der Waals surface area contributed by atoms with Crippen molar-refractivity contribution in [3.8, 4) is 0 Å². The Balaban J connectivity index is 1.74. The van der Waals surface area contributed by atoms with Gasteiger partial charge in [-0.15, -0.1) is 0 Å². The van der Waals surface area contributed by atoms with Crippen molar-refractivity contribution in [1.82, 2.24) is 4.90 Å². The highest BCUT2D eigenvalue weighted by atomic mass is 16.2. The third-order valence-corrected chi connectivity index (χ3v) is 3.85. The van der Waals surface area contributed by atoms with Gasteiger partial charge in [-0.25, -0.2) is 0 Å². The van der Waals surface area contributed by atoms with E-state index in [1.54, 1.807) is 0 Å².